The zero-order valence-corrected chi connectivity index (χ0v) is 22.2. The zero-order valence-electron chi connectivity index (χ0n) is 19.0. The third-order valence-electron chi connectivity index (χ3n) is 5.37. The summed E-state index contributed by atoms with van der Waals surface area (Å²) in [5.74, 6) is 0.136. The van der Waals surface area contributed by atoms with Crippen LogP contribution in [0.3, 0.4) is 0 Å². The molecule has 0 unspecified atom stereocenters. The second kappa shape index (κ2) is 11.7. The fraction of sp³-hybridized carbons (Fsp3) is 0.148. The highest BCUT2D eigenvalue weighted by atomic mass is 79.9. The van der Waals surface area contributed by atoms with Crippen LogP contribution < -0.4 is 10.1 Å². The molecule has 178 valence electrons. The molecule has 3 aromatic rings. The number of thiocarbonyl (C=S) groups is 1. The number of halogens is 1. The normalized spacial score (nSPS) is 14.5. The van der Waals surface area contributed by atoms with Crippen LogP contribution in [0.1, 0.15) is 16.7 Å². The van der Waals surface area contributed by atoms with Gasteiger partial charge in [-0.25, -0.2) is 0 Å². The Morgan fingerprint density at radius 3 is 2.63 bits per heavy atom. The summed E-state index contributed by atoms with van der Waals surface area (Å²) < 4.78 is 7.30. The van der Waals surface area contributed by atoms with Crippen LogP contribution in [0.25, 0.3) is 6.08 Å². The Labute approximate surface area is 222 Å². The molecule has 0 atom stereocenters. The molecule has 1 saturated heterocycles. The summed E-state index contributed by atoms with van der Waals surface area (Å²) >= 11 is 10.2. The van der Waals surface area contributed by atoms with Gasteiger partial charge in [0.15, 0.2) is 6.61 Å². The number of aryl methyl sites for hydroxylation is 1. The number of para-hydroxylation sites is 1. The molecular weight excluding hydrogens is 544 g/mol. The van der Waals surface area contributed by atoms with Gasteiger partial charge in [-0.3, -0.25) is 14.5 Å². The minimum absolute atomic E-state index is 0.116. The van der Waals surface area contributed by atoms with Crippen LogP contribution in [0, 0.1) is 6.92 Å². The first-order chi connectivity index (χ1) is 16.9. The van der Waals surface area contributed by atoms with Crippen molar-refractivity contribution in [2.24, 2.45) is 0 Å². The van der Waals surface area contributed by atoms with Gasteiger partial charge in [0.1, 0.15) is 10.1 Å². The molecule has 0 radical (unpaired) electrons. The Kier molecular flexibility index (Phi) is 8.38. The molecule has 5 nitrogen and oxygen atoms in total. The number of rotatable bonds is 8. The van der Waals surface area contributed by atoms with Crippen molar-refractivity contribution in [1.29, 1.82) is 0 Å². The number of benzene rings is 3. The van der Waals surface area contributed by atoms with Crippen LogP contribution in [0.15, 0.2) is 82.2 Å². The maximum absolute atomic E-state index is 13.0. The Morgan fingerprint density at radius 2 is 1.86 bits per heavy atom. The van der Waals surface area contributed by atoms with Crippen LogP contribution in [0.2, 0.25) is 0 Å². The molecule has 3 aromatic carbocycles. The monoisotopic (exact) mass is 566 g/mol. The molecule has 35 heavy (non-hydrogen) atoms. The van der Waals surface area contributed by atoms with Gasteiger partial charge in [-0.2, -0.15) is 0 Å². The number of amides is 2. The summed E-state index contributed by atoms with van der Waals surface area (Å²) in [6.45, 7) is 2.30. The van der Waals surface area contributed by atoms with Gasteiger partial charge in [-0.1, -0.05) is 88.4 Å². The van der Waals surface area contributed by atoms with E-state index in [9.17, 15) is 9.59 Å². The highest BCUT2D eigenvalue weighted by Crippen LogP contribution is 2.34. The lowest BCUT2D eigenvalue weighted by Gasteiger charge is -2.14. The van der Waals surface area contributed by atoms with Crippen molar-refractivity contribution < 1.29 is 14.3 Å². The van der Waals surface area contributed by atoms with Crippen LogP contribution in [0.4, 0.5) is 5.69 Å². The fourth-order valence-corrected chi connectivity index (χ4v) is 5.32. The first kappa shape index (κ1) is 25.2. The van der Waals surface area contributed by atoms with Crippen molar-refractivity contribution in [3.63, 3.8) is 0 Å². The Morgan fingerprint density at radius 1 is 1.11 bits per heavy atom. The van der Waals surface area contributed by atoms with E-state index < -0.39 is 0 Å². The fourth-order valence-electron chi connectivity index (χ4n) is 3.55. The van der Waals surface area contributed by atoms with Crippen molar-refractivity contribution in [3.8, 4) is 5.75 Å². The number of carbonyl (C=O) groups excluding carboxylic acids is 2. The standard InChI is InChI=1S/C27H23BrN2O3S2/c1-18-15-21(28)11-12-22(18)29-25(31)17-33-23-10-6-5-9-20(23)16-24-26(32)30(27(34)35-24)14-13-19-7-3-2-4-8-19/h2-12,15-16H,13-14,17H2,1H3,(H,29,31)/b24-16-. The van der Waals surface area contributed by atoms with E-state index >= 15 is 0 Å². The molecule has 0 aliphatic carbocycles. The minimum atomic E-state index is -0.266. The van der Waals surface area contributed by atoms with Gasteiger partial charge >= 0.3 is 0 Å². The van der Waals surface area contributed by atoms with E-state index in [0.29, 0.717) is 27.1 Å². The zero-order chi connectivity index (χ0) is 24.8. The number of hydrogen-bond donors (Lipinski definition) is 1. The number of ether oxygens (including phenoxy) is 1. The third kappa shape index (κ3) is 6.60. The van der Waals surface area contributed by atoms with E-state index in [1.807, 2.05) is 73.7 Å². The molecule has 8 heteroatoms. The van der Waals surface area contributed by atoms with Gasteiger partial charge in [0.05, 0.1) is 4.91 Å². The SMILES string of the molecule is Cc1cc(Br)ccc1NC(=O)COc1ccccc1/C=C1\SC(=S)N(CCc2ccccc2)C1=O. The van der Waals surface area contributed by atoms with Crippen molar-refractivity contribution >= 4 is 67.8 Å². The molecule has 1 aliphatic heterocycles. The summed E-state index contributed by atoms with van der Waals surface area (Å²) in [4.78, 5) is 27.7. The lowest BCUT2D eigenvalue weighted by molar-refractivity contribution is -0.122. The molecule has 4 rings (SSSR count). The number of nitrogens with zero attached hydrogens (tertiary/aromatic N) is 1. The van der Waals surface area contributed by atoms with Gasteiger partial charge in [0.2, 0.25) is 0 Å². The molecule has 1 N–H and O–H groups in total. The summed E-state index contributed by atoms with van der Waals surface area (Å²) in [7, 11) is 0. The molecule has 0 bridgehead atoms. The van der Waals surface area contributed by atoms with Crippen molar-refractivity contribution in [2.75, 3.05) is 18.5 Å². The van der Waals surface area contributed by atoms with E-state index in [0.717, 1.165) is 27.7 Å². The van der Waals surface area contributed by atoms with E-state index in [2.05, 4.69) is 21.2 Å². The third-order valence-corrected chi connectivity index (χ3v) is 7.24. The van der Waals surface area contributed by atoms with E-state index in [1.165, 1.54) is 11.8 Å². The quantitative estimate of drug-likeness (QED) is 0.259. The lowest BCUT2D eigenvalue weighted by Crippen LogP contribution is -2.30. The Balaban J connectivity index is 1.41. The number of thioether (sulfide) groups is 1. The highest BCUT2D eigenvalue weighted by Gasteiger charge is 2.31. The largest absolute Gasteiger partial charge is 0.483 e. The smallest absolute Gasteiger partial charge is 0.266 e. The molecule has 1 heterocycles. The first-order valence-corrected chi connectivity index (χ1v) is 13.0. The first-order valence-electron chi connectivity index (χ1n) is 11.0. The molecule has 0 spiro atoms. The number of carbonyl (C=O) groups is 2. The van der Waals surface area contributed by atoms with Crippen LogP contribution in [-0.2, 0) is 16.0 Å². The summed E-state index contributed by atoms with van der Waals surface area (Å²) in [6.07, 6.45) is 2.50. The molecule has 0 aromatic heterocycles. The molecule has 1 fully saturated rings. The van der Waals surface area contributed by atoms with Gasteiger partial charge in [0.25, 0.3) is 11.8 Å². The molecular formula is C27H23BrN2O3S2. The molecule has 0 saturated carbocycles. The average molecular weight is 568 g/mol. The lowest BCUT2D eigenvalue weighted by atomic mass is 10.1. The van der Waals surface area contributed by atoms with E-state index in [1.54, 1.807) is 17.0 Å². The van der Waals surface area contributed by atoms with Crippen LogP contribution >= 0.6 is 39.9 Å². The van der Waals surface area contributed by atoms with Gasteiger partial charge < -0.3 is 10.1 Å². The van der Waals surface area contributed by atoms with E-state index in [-0.39, 0.29) is 18.4 Å². The van der Waals surface area contributed by atoms with Crippen LogP contribution in [0.5, 0.6) is 5.75 Å². The van der Waals surface area contributed by atoms with Gasteiger partial charge in [-0.15, -0.1) is 0 Å². The second-order valence-corrected chi connectivity index (χ2v) is 10.5. The van der Waals surface area contributed by atoms with Crippen LogP contribution in [-0.4, -0.2) is 34.2 Å². The maximum Gasteiger partial charge on any atom is 0.266 e. The molecule has 2 amide bonds. The van der Waals surface area contributed by atoms with Crippen molar-refractivity contribution in [3.05, 3.63) is 98.9 Å². The second-order valence-electron chi connectivity index (χ2n) is 7.90. The average Bonchev–Trinajstić information content (AvgIpc) is 3.11. The van der Waals surface area contributed by atoms with Gasteiger partial charge in [0, 0.05) is 22.3 Å². The molecule has 1 aliphatic rings. The predicted molar refractivity (Wildman–Crippen MR) is 149 cm³/mol. The minimum Gasteiger partial charge on any atom is -0.483 e. The summed E-state index contributed by atoms with van der Waals surface area (Å²) in [5, 5.41) is 2.86. The van der Waals surface area contributed by atoms with Gasteiger partial charge in [-0.05, 0) is 54.8 Å². The number of nitrogens with one attached hydrogen (secondary N) is 1. The topological polar surface area (TPSA) is 58.6 Å². The van der Waals surface area contributed by atoms with Crippen molar-refractivity contribution in [1.82, 2.24) is 4.90 Å². The summed E-state index contributed by atoms with van der Waals surface area (Å²) in [5.41, 5.74) is 3.54. The number of anilines is 1. The summed E-state index contributed by atoms with van der Waals surface area (Å²) in [6, 6.07) is 23.0. The Bertz CT molecular complexity index is 1290. The Hall–Kier alpha value is -2.94. The van der Waals surface area contributed by atoms with E-state index in [4.69, 9.17) is 17.0 Å². The highest BCUT2D eigenvalue weighted by molar-refractivity contribution is 9.10. The maximum atomic E-state index is 13.0. The predicted octanol–water partition coefficient (Wildman–Crippen LogP) is 6.22. The number of hydrogen-bond acceptors (Lipinski definition) is 5. The van der Waals surface area contributed by atoms with Crippen molar-refractivity contribution in [2.45, 2.75) is 13.3 Å².